The Labute approximate surface area is 202 Å². The Balaban J connectivity index is 0.00000385. The number of aromatic nitrogens is 1. The molecule has 0 unspecified atom stereocenters. The molecule has 1 aromatic heterocycles. The van der Waals surface area contributed by atoms with Crippen molar-refractivity contribution in [3.05, 3.63) is 52.1 Å². The number of benzene rings is 2. The molecule has 0 saturated heterocycles. The van der Waals surface area contributed by atoms with Crippen molar-refractivity contribution in [2.75, 3.05) is 46.3 Å². The first-order valence-electron chi connectivity index (χ1n) is 10.0. The summed E-state index contributed by atoms with van der Waals surface area (Å²) in [4.78, 5) is 32.1. The Bertz CT molecular complexity index is 1060. The van der Waals surface area contributed by atoms with Crippen LogP contribution in [0.5, 0.6) is 11.5 Å². The summed E-state index contributed by atoms with van der Waals surface area (Å²) in [5.74, 6) is 1.15. The largest absolute Gasteiger partial charge is 0.495 e. The Hall–Kier alpha value is -2.95. The van der Waals surface area contributed by atoms with E-state index in [1.54, 1.807) is 37.3 Å². The minimum Gasteiger partial charge on any atom is -0.495 e. The third-order valence-corrected chi connectivity index (χ3v) is 6.01. The number of hydrogen-bond donors (Lipinski definition) is 0. The lowest BCUT2D eigenvalue weighted by atomic mass is 10.1. The normalized spacial score (nSPS) is 10.7. The number of nitrogens with zero attached hydrogens (tertiary/aromatic N) is 4. The number of hydrogen-bond acceptors (Lipinski definition) is 8. The molecule has 1 amide bonds. The molecule has 0 fully saturated rings. The zero-order chi connectivity index (χ0) is 23.3. The summed E-state index contributed by atoms with van der Waals surface area (Å²) >= 11 is 1.38. The molecule has 178 valence electrons. The van der Waals surface area contributed by atoms with Crippen LogP contribution in [0, 0.1) is 10.1 Å². The Morgan fingerprint density at radius 1 is 1.06 bits per heavy atom. The standard InChI is InChI=1S/C22H26N4O5S.ClH/c1-24(2)12-5-13-25(19(27)14-15-6-8-16(9-7-15)26(28)29)22-23-20-17(30-3)10-11-18(31-4)21(20)32-22;/h6-11H,5,12-14H2,1-4H3;1H. The third kappa shape index (κ3) is 6.31. The summed E-state index contributed by atoms with van der Waals surface area (Å²) in [7, 11) is 7.14. The minimum absolute atomic E-state index is 0. The van der Waals surface area contributed by atoms with E-state index in [0.717, 1.165) is 17.7 Å². The maximum Gasteiger partial charge on any atom is 0.269 e. The lowest BCUT2D eigenvalue weighted by Crippen LogP contribution is -2.34. The van der Waals surface area contributed by atoms with Crippen LogP contribution in [-0.2, 0) is 11.2 Å². The van der Waals surface area contributed by atoms with Crippen molar-refractivity contribution >= 4 is 50.7 Å². The van der Waals surface area contributed by atoms with Gasteiger partial charge in [0.2, 0.25) is 5.91 Å². The van der Waals surface area contributed by atoms with E-state index < -0.39 is 4.92 Å². The van der Waals surface area contributed by atoms with Crippen LogP contribution >= 0.6 is 23.7 Å². The third-order valence-electron chi connectivity index (χ3n) is 4.92. The number of nitro benzene ring substituents is 1. The second kappa shape index (κ2) is 11.8. The van der Waals surface area contributed by atoms with Crippen molar-refractivity contribution in [1.29, 1.82) is 0 Å². The highest BCUT2D eigenvalue weighted by Crippen LogP contribution is 2.40. The second-order valence-electron chi connectivity index (χ2n) is 7.45. The van der Waals surface area contributed by atoms with Gasteiger partial charge in [0.15, 0.2) is 5.13 Å². The molecular weight excluding hydrogens is 468 g/mol. The van der Waals surface area contributed by atoms with E-state index in [1.807, 2.05) is 20.2 Å². The van der Waals surface area contributed by atoms with Crippen molar-refractivity contribution in [2.45, 2.75) is 12.8 Å². The van der Waals surface area contributed by atoms with Gasteiger partial charge in [-0.2, -0.15) is 0 Å². The molecule has 0 atom stereocenters. The number of carbonyl (C=O) groups excluding carboxylic acids is 1. The summed E-state index contributed by atoms with van der Waals surface area (Å²) in [5, 5.41) is 11.5. The molecule has 0 N–H and O–H groups in total. The molecule has 0 spiro atoms. The minimum atomic E-state index is -0.457. The van der Waals surface area contributed by atoms with Gasteiger partial charge in [0.05, 0.1) is 25.6 Å². The number of carbonyl (C=O) groups is 1. The van der Waals surface area contributed by atoms with Gasteiger partial charge in [-0.1, -0.05) is 23.5 Å². The monoisotopic (exact) mass is 494 g/mol. The van der Waals surface area contributed by atoms with Crippen molar-refractivity contribution in [2.24, 2.45) is 0 Å². The molecule has 0 aliphatic carbocycles. The first kappa shape index (κ1) is 26.3. The maximum atomic E-state index is 13.3. The van der Waals surface area contributed by atoms with E-state index in [4.69, 9.17) is 14.5 Å². The summed E-state index contributed by atoms with van der Waals surface area (Å²) in [5.41, 5.74) is 1.34. The van der Waals surface area contributed by atoms with Crippen LogP contribution in [0.15, 0.2) is 36.4 Å². The first-order chi connectivity index (χ1) is 15.3. The Kier molecular flexibility index (Phi) is 9.39. The van der Waals surface area contributed by atoms with Gasteiger partial charge in [-0.25, -0.2) is 4.98 Å². The van der Waals surface area contributed by atoms with Crippen LogP contribution in [0.3, 0.4) is 0 Å². The second-order valence-corrected chi connectivity index (χ2v) is 8.42. The molecule has 33 heavy (non-hydrogen) atoms. The fourth-order valence-corrected chi connectivity index (χ4v) is 4.39. The summed E-state index contributed by atoms with van der Waals surface area (Å²) in [6.07, 6.45) is 0.882. The van der Waals surface area contributed by atoms with Gasteiger partial charge in [-0.05, 0) is 44.8 Å². The lowest BCUT2D eigenvalue weighted by molar-refractivity contribution is -0.384. The van der Waals surface area contributed by atoms with E-state index in [2.05, 4.69) is 4.90 Å². The smallest absolute Gasteiger partial charge is 0.269 e. The average Bonchev–Trinajstić information content (AvgIpc) is 3.21. The molecule has 0 bridgehead atoms. The number of amides is 1. The quantitative estimate of drug-likeness (QED) is 0.308. The molecule has 0 radical (unpaired) electrons. The van der Waals surface area contributed by atoms with Crippen LogP contribution < -0.4 is 14.4 Å². The molecular formula is C22H27ClN4O5S. The zero-order valence-corrected chi connectivity index (χ0v) is 20.6. The van der Waals surface area contributed by atoms with E-state index in [1.165, 1.54) is 23.5 Å². The van der Waals surface area contributed by atoms with Gasteiger partial charge >= 0.3 is 0 Å². The van der Waals surface area contributed by atoms with Crippen LogP contribution in [-0.4, -0.2) is 62.1 Å². The predicted molar refractivity (Wildman–Crippen MR) is 132 cm³/mol. The number of non-ortho nitro benzene ring substituents is 1. The molecule has 2 aromatic carbocycles. The number of halogens is 1. The Morgan fingerprint density at radius 2 is 1.70 bits per heavy atom. The number of ether oxygens (including phenoxy) is 2. The molecule has 3 aromatic rings. The topological polar surface area (TPSA) is 98.0 Å². The molecule has 0 aliphatic rings. The van der Waals surface area contributed by atoms with Crippen LogP contribution in [0.25, 0.3) is 10.2 Å². The number of anilines is 1. The number of thiazole rings is 1. The lowest BCUT2D eigenvalue weighted by Gasteiger charge is -2.21. The number of rotatable bonds is 10. The SMILES string of the molecule is COc1ccc(OC)c2sc(N(CCCN(C)C)C(=O)Cc3ccc([N+](=O)[O-])cc3)nc12.Cl. The summed E-state index contributed by atoms with van der Waals surface area (Å²) in [6, 6.07) is 9.65. The highest BCUT2D eigenvalue weighted by atomic mass is 35.5. The molecule has 3 rings (SSSR count). The van der Waals surface area contributed by atoms with E-state index in [9.17, 15) is 14.9 Å². The number of methoxy groups -OCH3 is 2. The van der Waals surface area contributed by atoms with E-state index in [0.29, 0.717) is 34.3 Å². The molecule has 0 saturated carbocycles. The van der Waals surface area contributed by atoms with E-state index >= 15 is 0 Å². The van der Waals surface area contributed by atoms with Crippen LogP contribution in [0.4, 0.5) is 10.8 Å². The fourth-order valence-electron chi connectivity index (χ4n) is 3.27. The van der Waals surface area contributed by atoms with Gasteiger partial charge in [0.25, 0.3) is 5.69 Å². The highest BCUT2D eigenvalue weighted by molar-refractivity contribution is 7.22. The zero-order valence-electron chi connectivity index (χ0n) is 18.9. The van der Waals surface area contributed by atoms with Gasteiger partial charge in [0.1, 0.15) is 21.7 Å². The number of nitro groups is 1. The van der Waals surface area contributed by atoms with Gasteiger partial charge in [-0.3, -0.25) is 19.8 Å². The summed E-state index contributed by atoms with van der Waals surface area (Å²) in [6.45, 7) is 1.31. The average molecular weight is 495 g/mol. The van der Waals surface area contributed by atoms with Gasteiger partial charge in [0, 0.05) is 18.7 Å². The first-order valence-corrected chi connectivity index (χ1v) is 10.9. The molecule has 1 heterocycles. The van der Waals surface area contributed by atoms with Crippen LogP contribution in [0.1, 0.15) is 12.0 Å². The summed E-state index contributed by atoms with van der Waals surface area (Å²) < 4.78 is 11.7. The Morgan fingerprint density at radius 3 is 2.27 bits per heavy atom. The number of fused-ring (bicyclic) bond motifs is 1. The fraction of sp³-hybridized carbons (Fsp3) is 0.364. The molecule has 0 aliphatic heterocycles. The van der Waals surface area contributed by atoms with Gasteiger partial charge in [-0.15, -0.1) is 12.4 Å². The molecule has 11 heteroatoms. The highest BCUT2D eigenvalue weighted by Gasteiger charge is 2.23. The maximum absolute atomic E-state index is 13.3. The van der Waals surface area contributed by atoms with Crippen LogP contribution in [0.2, 0.25) is 0 Å². The van der Waals surface area contributed by atoms with Crippen molar-refractivity contribution in [1.82, 2.24) is 9.88 Å². The van der Waals surface area contributed by atoms with Crippen molar-refractivity contribution in [3.8, 4) is 11.5 Å². The predicted octanol–water partition coefficient (Wildman–Crippen LogP) is 4.17. The van der Waals surface area contributed by atoms with Crippen molar-refractivity contribution < 1.29 is 19.2 Å². The molecule has 9 nitrogen and oxygen atoms in total. The van der Waals surface area contributed by atoms with Gasteiger partial charge < -0.3 is 14.4 Å². The van der Waals surface area contributed by atoms with E-state index in [-0.39, 0.29) is 30.4 Å². The van der Waals surface area contributed by atoms with Crippen molar-refractivity contribution in [3.63, 3.8) is 0 Å².